The van der Waals surface area contributed by atoms with Gasteiger partial charge in [-0.1, -0.05) is 47.5 Å². The van der Waals surface area contributed by atoms with Crippen molar-refractivity contribution in [1.29, 1.82) is 5.26 Å². The van der Waals surface area contributed by atoms with Gasteiger partial charge in [-0.15, -0.1) is 0 Å². The van der Waals surface area contributed by atoms with Gasteiger partial charge in [-0.05, 0) is 42.3 Å². The van der Waals surface area contributed by atoms with Gasteiger partial charge in [-0.3, -0.25) is 0 Å². The van der Waals surface area contributed by atoms with E-state index in [1.807, 2.05) is 48.5 Å². The predicted molar refractivity (Wildman–Crippen MR) is 94.6 cm³/mol. The normalized spacial score (nSPS) is 10.4. The first-order valence-corrected chi connectivity index (χ1v) is 8.05. The number of anilines is 1. The Morgan fingerprint density at radius 1 is 0.909 bits per heavy atom. The molecule has 0 aromatic heterocycles. The zero-order chi connectivity index (χ0) is 15.5. The average molecular weight is 345 g/mol. The zero-order valence-electron chi connectivity index (χ0n) is 11.3. The molecule has 3 aromatic carbocycles. The van der Waals surface area contributed by atoms with E-state index in [0.29, 0.717) is 15.6 Å². The Morgan fingerprint density at radius 2 is 1.59 bits per heavy atom. The molecule has 0 fully saturated rings. The molecule has 3 aromatic rings. The van der Waals surface area contributed by atoms with Crippen LogP contribution < -0.4 is 4.72 Å². The largest absolute Gasteiger partial charge is 0.325 e. The summed E-state index contributed by atoms with van der Waals surface area (Å²) in [6.07, 6.45) is 0. The minimum Gasteiger partial charge on any atom is -0.325 e. The Morgan fingerprint density at radius 3 is 2.32 bits per heavy atom. The van der Waals surface area contributed by atoms with Gasteiger partial charge in [0.1, 0.15) is 0 Å². The van der Waals surface area contributed by atoms with E-state index < -0.39 is 0 Å². The first kappa shape index (κ1) is 15.1. The van der Waals surface area contributed by atoms with Crippen LogP contribution in [0.25, 0.3) is 10.8 Å². The lowest BCUT2D eigenvalue weighted by Crippen LogP contribution is -1.89. The molecular formula is C17H10Cl2N2S. The highest BCUT2D eigenvalue weighted by Gasteiger charge is 2.05. The third-order valence-electron chi connectivity index (χ3n) is 3.16. The van der Waals surface area contributed by atoms with Gasteiger partial charge in [0, 0.05) is 25.7 Å². The van der Waals surface area contributed by atoms with Gasteiger partial charge in [-0.2, -0.15) is 5.26 Å². The van der Waals surface area contributed by atoms with E-state index in [2.05, 4.69) is 10.8 Å². The maximum Gasteiger partial charge on any atom is 0.0998 e. The zero-order valence-corrected chi connectivity index (χ0v) is 13.6. The first-order valence-electron chi connectivity index (χ1n) is 6.48. The number of benzene rings is 3. The molecule has 0 unspecified atom stereocenters. The number of rotatable bonds is 3. The molecule has 0 atom stereocenters. The topological polar surface area (TPSA) is 35.8 Å². The molecule has 22 heavy (non-hydrogen) atoms. The summed E-state index contributed by atoms with van der Waals surface area (Å²) in [6.45, 7) is 0. The monoisotopic (exact) mass is 344 g/mol. The van der Waals surface area contributed by atoms with Crippen LogP contribution in [-0.4, -0.2) is 0 Å². The molecule has 0 saturated carbocycles. The van der Waals surface area contributed by atoms with Crippen LogP contribution >= 0.6 is 35.1 Å². The minimum atomic E-state index is 0.599. The van der Waals surface area contributed by atoms with Crippen LogP contribution in [0.5, 0.6) is 0 Å². The molecule has 0 amide bonds. The van der Waals surface area contributed by atoms with Gasteiger partial charge in [0.05, 0.1) is 17.3 Å². The molecule has 0 aliphatic carbocycles. The van der Waals surface area contributed by atoms with Crippen LogP contribution in [0, 0.1) is 11.3 Å². The highest BCUT2D eigenvalue weighted by molar-refractivity contribution is 8.00. The maximum absolute atomic E-state index is 9.19. The second-order valence-corrected chi connectivity index (χ2v) is 6.38. The molecule has 0 aliphatic rings. The lowest BCUT2D eigenvalue weighted by Gasteiger charge is -2.10. The number of hydrogen-bond donors (Lipinski definition) is 1. The molecule has 0 spiro atoms. The van der Waals surface area contributed by atoms with Crippen LogP contribution in [0.2, 0.25) is 10.0 Å². The summed E-state index contributed by atoms with van der Waals surface area (Å²) in [5, 5.41) is 12.3. The van der Waals surface area contributed by atoms with Crippen molar-refractivity contribution in [2.45, 2.75) is 4.90 Å². The SMILES string of the molecule is N#Cc1cccc2c(NSc3cc(Cl)cc(Cl)c3)cccc12. The van der Waals surface area contributed by atoms with E-state index in [0.717, 1.165) is 21.4 Å². The molecular weight excluding hydrogens is 335 g/mol. The molecule has 108 valence electrons. The Bertz CT molecular complexity index is 867. The van der Waals surface area contributed by atoms with Crippen molar-refractivity contribution in [3.63, 3.8) is 0 Å². The lowest BCUT2D eigenvalue weighted by atomic mass is 10.0. The van der Waals surface area contributed by atoms with E-state index in [1.54, 1.807) is 6.07 Å². The first-order chi connectivity index (χ1) is 10.7. The fourth-order valence-corrected chi connectivity index (χ4v) is 3.63. The van der Waals surface area contributed by atoms with Crippen molar-refractivity contribution in [3.05, 3.63) is 70.2 Å². The smallest absolute Gasteiger partial charge is 0.0998 e. The predicted octanol–water partition coefficient (Wildman–Crippen LogP) is 6.14. The highest BCUT2D eigenvalue weighted by Crippen LogP contribution is 2.31. The molecule has 1 N–H and O–H groups in total. The van der Waals surface area contributed by atoms with Gasteiger partial charge in [0.2, 0.25) is 0 Å². The molecule has 0 aliphatic heterocycles. The molecule has 0 saturated heterocycles. The number of nitrogens with one attached hydrogen (secondary N) is 1. The molecule has 2 nitrogen and oxygen atoms in total. The Kier molecular flexibility index (Phi) is 4.44. The van der Waals surface area contributed by atoms with Crippen LogP contribution in [-0.2, 0) is 0 Å². The van der Waals surface area contributed by atoms with Crippen LogP contribution in [0.4, 0.5) is 5.69 Å². The number of halogens is 2. The summed E-state index contributed by atoms with van der Waals surface area (Å²) in [4.78, 5) is 0.922. The molecule has 0 heterocycles. The van der Waals surface area contributed by atoms with Crippen molar-refractivity contribution in [1.82, 2.24) is 0 Å². The quantitative estimate of drug-likeness (QED) is 0.579. The lowest BCUT2D eigenvalue weighted by molar-refractivity contribution is 1.46. The summed E-state index contributed by atoms with van der Waals surface area (Å²) < 4.78 is 3.30. The van der Waals surface area contributed by atoms with Crippen LogP contribution in [0.15, 0.2) is 59.5 Å². The van der Waals surface area contributed by atoms with E-state index in [-0.39, 0.29) is 0 Å². The maximum atomic E-state index is 9.19. The van der Waals surface area contributed by atoms with E-state index in [4.69, 9.17) is 23.2 Å². The average Bonchev–Trinajstić information content (AvgIpc) is 2.51. The Balaban J connectivity index is 1.93. The van der Waals surface area contributed by atoms with E-state index >= 15 is 0 Å². The van der Waals surface area contributed by atoms with Gasteiger partial charge >= 0.3 is 0 Å². The second-order valence-electron chi connectivity index (χ2n) is 4.63. The summed E-state index contributed by atoms with van der Waals surface area (Å²) in [7, 11) is 0. The number of fused-ring (bicyclic) bond motifs is 1. The summed E-state index contributed by atoms with van der Waals surface area (Å²) in [5.74, 6) is 0. The van der Waals surface area contributed by atoms with Crippen LogP contribution in [0.3, 0.4) is 0 Å². The van der Waals surface area contributed by atoms with Gasteiger partial charge in [0.25, 0.3) is 0 Å². The number of hydrogen-bond acceptors (Lipinski definition) is 3. The highest BCUT2D eigenvalue weighted by atomic mass is 35.5. The van der Waals surface area contributed by atoms with Crippen LogP contribution in [0.1, 0.15) is 5.56 Å². The second kappa shape index (κ2) is 6.50. The molecule has 0 radical (unpaired) electrons. The van der Waals surface area contributed by atoms with Gasteiger partial charge in [-0.25, -0.2) is 0 Å². The summed E-state index contributed by atoms with van der Waals surface area (Å²) in [5.41, 5.74) is 1.60. The summed E-state index contributed by atoms with van der Waals surface area (Å²) in [6, 6.07) is 19.1. The van der Waals surface area contributed by atoms with E-state index in [1.165, 1.54) is 11.9 Å². The fourth-order valence-electron chi connectivity index (χ4n) is 2.20. The van der Waals surface area contributed by atoms with Crippen molar-refractivity contribution in [2.24, 2.45) is 0 Å². The summed E-state index contributed by atoms with van der Waals surface area (Å²) >= 11 is 13.4. The van der Waals surface area contributed by atoms with Crippen molar-refractivity contribution in [3.8, 4) is 6.07 Å². The third kappa shape index (κ3) is 3.15. The standard InChI is InChI=1S/C17H10Cl2N2S/c18-12-7-13(19)9-14(8-12)22-21-17-6-2-4-15-11(10-20)3-1-5-16(15)17/h1-9,21H. The number of nitrogens with zero attached hydrogens (tertiary/aromatic N) is 1. The Labute approximate surface area is 142 Å². The third-order valence-corrected chi connectivity index (χ3v) is 4.39. The van der Waals surface area contributed by atoms with Crippen molar-refractivity contribution in [2.75, 3.05) is 4.72 Å². The minimum absolute atomic E-state index is 0.599. The van der Waals surface area contributed by atoms with E-state index in [9.17, 15) is 5.26 Å². The molecule has 0 bridgehead atoms. The Hall–Kier alpha value is -1.86. The number of nitriles is 1. The van der Waals surface area contributed by atoms with Crippen molar-refractivity contribution < 1.29 is 0 Å². The van der Waals surface area contributed by atoms with Gasteiger partial charge < -0.3 is 4.72 Å². The van der Waals surface area contributed by atoms with Crippen molar-refractivity contribution >= 4 is 51.6 Å². The molecule has 3 rings (SSSR count). The van der Waals surface area contributed by atoms with Gasteiger partial charge in [0.15, 0.2) is 0 Å². The molecule has 5 heteroatoms. The fraction of sp³-hybridized carbons (Fsp3) is 0.